The van der Waals surface area contributed by atoms with Crippen molar-refractivity contribution in [1.29, 1.82) is 0 Å². The van der Waals surface area contributed by atoms with Gasteiger partial charge in [-0.2, -0.15) is 0 Å². The Kier molecular flexibility index (Phi) is 3.93. The standard InChI is InChI=1S/C11H22N2O/c1-3-9(2)13-8-11(10(12)14)6-4-5-7-11/h9,13H,3-8H2,1-2H3,(H2,12,14). The van der Waals surface area contributed by atoms with Crippen molar-refractivity contribution in [3.05, 3.63) is 0 Å². The molecule has 1 rings (SSSR count). The van der Waals surface area contributed by atoms with Gasteiger partial charge in [0.25, 0.3) is 0 Å². The van der Waals surface area contributed by atoms with Gasteiger partial charge in [0.2, 0.25) is 5.91 Å². The van der Waals surface area contributed by atoms with Crippen molar-refractivity contribution in [2.45, 2.75) is 52.0 Å². The lowest BCUT2D eigenvalue weighted by Gasteiger charge is -2.27. The minimum atomic E-state index is -0.247. The molecular weight excluding hydrogens is 176 g/mol. The van der Waals surface area contributed by atoms with Crippen molar-refractivity contribution in [2.24, 2.45) is 11.1 Å². The summed E-state index contributed by atoms with van der Waals surface area (Å²) >= 11 is 0. The molecule has 0 aliphatic heterocycles. The summed E-state index contributed by atoms with van der Waals surface area (Å²) in [6, 6.07) is 0.479. The van der Waals surface area contributed by atoms with Crippen LogP contribution in [0.2, 0.25) is 0 Å². The Bertz CT molecular complexity index is 197. The fourth-order valence-electron chi connectivity index (χ4n) is 2.08. The summed E-state index contributed by atoms with van der Waals surface area (Å²) in [7, 11) is 0. The Labute approximate surface area is 86.4 Å². The Morgan fingerprint density at radius 2 is 2.07 bits per heavy atom. The molecule has 0 heterocycles. The minimum absolute atomic E-state index is 0.120. The second-order valence-corrected chi connectivity index (χ2v) is 4.54. The van der Waals surface area contributed by atoms with E-state index in [1.807, 2.05) is 0 Å². The van der Waals surface area contributed by atoms with Crippen LogP contribution in [0.3, 0.4) is 0 Å². The molecule has 1 aliphatic carbocycles. The Hall–Kier alpha value is -0.570. The highest BCUT2D eigenvalue weighted by Gasteiger charge is 2.39. The van der Waals surface area contributed by atoms with E-state index in [4.69, 9.17) is 5.73 Å². The van der Waals surface area contributed by atoms with E-state index in [0.29, 0.717) is 6.04 Å². The maximum absolute atomic E-state index is 11.4. The molecule has 14 heavy (non-hydrogen) atoms. The van der Waals surface area contributed by atoms with E-state index in [1.165, 1.54) is 0 Å². The molecule has 0 bridgehead atoms. The van der Waals surface area contributed by atoms with Crippen LogP contribution in [0.15, 0.2) is 0 Å². The number of carbonyl (C=O) groups is 1. The van der Waals surface area contributed by atoms with Crippen LogP contribution in [0.1, 0.15) is 46.0 Å². The second-order valence-electron chi connectivity index (χ2n) is 4.54. The fraction of sp³-hybridized carbons (Fsp3) is 0.909. The monoisotopic (exact) mass is 198 g/mol. The third-order valence-corrected chi connectivity index (χ3v) is 3.48. The topological polar surface area (TPSA) is 55.1 Å². The van der Waals surface area contributed by atoms with Crippen molar-refractivity contribution in [3.63, 3.8) is 0 Å². The van der Waals surface area contributed by atoms with Gasteiger partial charge in [0.1, 0.15) is 0 Å². The first-order valence-electron chi connectivity index (χ1n) is 5.64. The zero-order valence-corrected chi connectivity index (χ0v) is 9.31. The third kappa shape index (κ3) is 2.47. The first-order chi connectivity index (χ1) is 6.60. The van der Waals surface area contributed by atoms with E-state index in [9.17, 15) is 4.79 Å². The van der Waals surface area contributed by atoms with Crippen LogP contribution in [0.4, 0.5) is 0 Å². The SMILES string of the molecule is CCC(C)NCC1(C(N)=O)CCCC1. The molecule has 0 aromatic rings. The summed E-state index contributed by atoms with van der Waals surface area (Å²) in [6.45, 7) is 5.05. The van der Waals surface area contributed by atoms with Gasteiger partial charge >= 0.3 is 0 Å². The number of amides is 1. The fourth-order valence-corrected chi connectivity index (χ4v) is 2.08. The molecule has 3 nitrogen and oxygen atoms in total. The zero-order valence-electron chi connectivity index (χ0n) is 9.31. The van der Waals surface area contributed by atoms with E-state index in [-0.39, 0.29) is 11.3 Å². The first-order valence-corrected chi connectivity index (χ1v) is 5.64. The molecule has 1 atom stereocenters. The molecule has 0 radical (unpaired) electrons. The van der Waals surface area contributed by atoms with Gasteiger partial charge < -0.3 is 11.1 Å². The van der Waals surface area contributed by atoms with Gasteiger partial charge in [-0.15, -0.1) is 0 Å². The number of hydrogen-bond acceptors (Lipinski definition) is 2. The lowest BCUT2D eigenvalue weighted by atomic mass is 9.85. The average molecular weight is 198 g/mol. The highest BCUT2D eigenvalue weighted by Crippen LogP contribution is 2.37. The normalized spacial score (nSPS) is 22.1. The van der Waals surface area contributed by atoms with Gasteiger partial charge in [-0.3, -0.25) is 4.79 Å². The van der Waals surface area contributed by atoms with Crippen LogP contribution in [0.25, 0.3) is 0 Å². The highest BCUT2D eigenvalue weighted by atomic mass is 16.1. The predicted molar refractivity (Wildman–Crippen MR) is 57.9 cm³/mol. The van der Waals surface area contributed by atoms with Gasteiger partial charge in [-0.25, -0.2) is 0 Å². The molecular formula is C11H22N2O. The maximum atomic E-state index is 11.4. The molecule has 3 N–H and O–H groups in total. The predicted octanol–water partition coefficient (Wildman–Crippen LogP) is 1.42. The Balaban J connectivity index is 2.48. The van der Waals surface area contributed by atoms with Gasteiger partial charge in [0.15, 0.2) is 0 Å². The average Bonchev–Trinajstić information content (AvgIpc) is 2.64. The van der Waals surface area contributed by atoms with Crippen LogP contribution in [-0.4, -0.2) is 18.5 Å². The molecule has 1 amide bonds. The minimum Gasteiger partial charge on any atom is -0.369 e. The zero-order chi connectivity index (χ0) is 10.6. The van der Waals surface area contributed by atoms with Crippen LogP contribution in [0.5, 0.6) is 0 Å². The largest absolute Gasteiger partial charge is 0.369 e. The summed E-state index contributed by atoms with van der Waals surface area (Å²) < 4.78 is 0. The summed E-state index contributed by atoms with van der Waals surface area (Å²) in [5.74, 6) is -0.120. The van der Waals surface area contributed by atoms with E-state index < -0.39 is 0 Å². The molecule has 1 unspecified atom stereocenters. The van der Waals surface area contributed by atoms with Crippen molar-refractivity contribution < 1.29 is 4.79 Å². The van der Waals surface area contributed by atoms with Gasteiger partial charge in [-0.05, 0) is 26.2 Å². The third-order valence-electron chi connectivity index (χ3n) is 3.48. The highest BCUT2D eigenvalue weighted by molar-refractivity contribution is 5.81. The molecule has 0 saturated heterocycles. The summed E-state index contributed by atoms with van der Waals surface area (Å²) in [5, 5.41) is 3.40. The van der Waals surface area contributed by atoms with Gasteiger partial charge in [0, 0.05) is 12.6 Å². The molecule has 1 fully saturated rings. The second kappa shape index (κ2) is 4.78. The Morgan fingerprint density at radius 1 is 1.50 bits per heavy atom. The van der Waals surface area contributed by atoms with E-state index >= 15 is 0 Å². The molecule has 82 valence electrons. The summed E-state index contributed by atoms with van der Waals surface area (Å²) in [6.07, 6.45) is 5.31. The quantitative estimate of drug-likeness (QED) is 0.702. The molecule has 0 spiro atoms. The summed E-state index contributed by atoms with van der Waals surface area (Å²) in [5.41, 5.74) is 5.23. The first kappa shape index (κ1) is 11.5. The lowest BCUT2D eigenvalue weighted by Crippen LogP contribution is -2.45. The van der Waals surface area contributed by atoms with Crippen LogP contribution in [0, 0.1) is 5.41 Å². The van der Waals surface area contributed by atoms with E-state index in [1.54, 1.807) is 0 Å². The van der Waals surface area contributed by atoms with Crippen LogP contribution in [-0.2, 0) is 4.79 Å². The number of carbonyl (C=O) groups excluding carboxylic acids is 1. The van der Waals surface area contributed by atoms with Crippen molar-refractivity contribution >= 4 is 5.91 Å². The number of nitrogens with one attached hydrogen (secondary N) is 1. The summed E-state index contributed by atoms with van der Waals surface area (Å²) in [4.78, 5) is 11.4. The number of hydrogen-bond donors (Lipinski definition) is 2. The van der Waals surface area contributed by atoms with E-state index in [2.05, 4.69) is 19.2 Å². The molecule has 0 aromatic heterocycles. The lowest BCUT2D eigenvalue weighted by molar-refractivity contribution is -0.127. The van der Waals surface area contributed by atoms with Gasteiger partial charge in [-0.1, -0.05) is 19.8 Å². The van der Waals surface area contributed by atoms with Gasteiger partial charge in [0.05, 0.1) is 5.41 Å². The smallest absolute Gasteiger partial charge is 0.224 e. The Morgan fingerprint density at radius 3 is 2.50 bits per heavy atom. The van der Waals surface area contributed by atoms with Crippen molar-refractivity contribution in [2.75, 3.05) is 6.54 Å². The molecule has 1 aliphatic rings. The molecule has 3 heteroatoms. The van der Waals surface area contributed by atoms with E-state index in [0.717, 1.165) is 38.6 Å². The van der Waals surface area contributed by atoms with Crippen LogP contribution < -0.4 is 11.1 Å². The number of primary amides is 1. The molecule has 1 saturated carbocycles. The molecule has 0 aromatic carbocycles. The van der Waals surface area contributed by atoms with Crippen molar-refractivity contribution in [1.82, 2.24) is 5.32 Å². The maximum Gasteiger partial charge on any atom is 0.224 e. The number of nitrogens with two attached hydrogens (primary N) is 1. The van der Waals surface area contributed by atoms with Crippen LogP contribution >= 0.6 is 0 Å². The number of rotatable bonds is 5. The van der Waals surface area contributed by atoms with Crippen molar-refractivity contribution in [3.8, 4) is 0 Å².